The topological polar surface area (TPSA) is 61.4 Å². The van der Waals surface area contributed by atoms with Gasteiger partial charge in [-0.3, -0.25) is 0 Å². The third-order valence-electron chi connectivity index (χ3n) is 1.87. The van der Waals surface area contributed by atoms with Crippen molar-refractivity contribution < 1.29 is 9.90 Å². The summed E-state index contributed by atoms with van der Waals surface area (Å²) in [5.41, 5.74) is 2.90. The molecule has 0 fully saturated rings. The molecule has 14 heavy (non-hydrogen) atoms. The number of hydrogen-bond acceptors (Lipinski definition) is 2. The van der Waals surface area contributed by atoms with Crippen molar-refractivity contribution in [3.8, 4) is 0 Å². The van der Waals surface area contributed by atoms with E-state index in [9.17, 15) is 4.79 Å². The van der Waals surface area contributed by atoms with Gasteiger partial charge in [0.1, 0.15) is 6.73 Å². The quantitative estimate of drug-likeness (QED) is 0.623. The molecule has 0 atom stereocenters. The van der Waals surface area contributed by atoms with Crippen molar-refractivity contribution in [3.63, 3.8) is 0 Å². The highest BCUT2D eigenvalue weighted by molar-refractivity contribution is 5.89. The fraction of sp³-hybridized carbons (Fsp3) is 0.300. The molecule has 0 bridgehead atoms. The predicted octanol–water partition coefficient (Wildman–Crippen LogP) is 1.37. The molecular formula is C10H14N2O2. The van der Waals surface area contributed by atoms with Gasteiger partial charge in [-0.25, -0.2) is 4.79 Å². The Bertz CT molecular complexity index is 337. The molecule has 3 N–H and O–H groups in total. The Hall–Kier alpha value is -1.55. The van der Waals surface area contributed by atoms with Gasteiger partial charge < -0.3 is 15.7 Å². The molecule has 0 aromatic heterocycles. The molecule has 0 spiro atoms. The Morgan fingerprint density at radius 1 is 1.43 bits per heavy atom. The number of carbonyl (C=O) groups excluding carboxylic acids is 1. The van der Waals surface area contributed by atoms with E-state index < -0.39 is 6.03 Å². The van der Waals surface area contributed by atoms with Gasteiger partial charge in [0, 0.05) is 5.69 Å². The van der Waals surface area contributed by atoms with Gasteiger partial charge in [0.25, 0.3) is 0 Å². The molecule has 0 aliphatic rings. The van der Waals surface area contributed by atoms with Crippen molar-refractivity contribution in [1.29, 1.82) is 0 Å². The van der Waals surface area contributed by atoms with Crippen LogP contribution in [0.5, 0.6) is 0 Å². The first-order valence-corrected chi connectivity index (χ1v) is 4.36. The minimum Gasteiger partial charge on any atom is -0.376 e. The van der Waals surface area contributed by atoms with E-state index in [1.807, 2.05) is 32.0 Å². The van der Waals surface area contributed by atoms with Gasteiger partial charge in [-0.1, -0.05) is 17.7 Å². The van der Waals surface area contributed by atoms with Crippen LogP contribution in [-0.2, 0) is 0 Å². The third kappa shape index (κ3) is 2.74. The first kappa shape index (κ1) is 10.5. The Kier molecular flexibility index (Phi) is 3.48. The van der Waals surface area contributed by atoms with Crippen molar-refractivity contribution in [2.45, 2.75) is 13.8 Å². The molecule has 0 radical (unpaired) electrons. The van der Waals surface area contributed by atoms with Crippen LogP contribution < -0.4 is 10.6 Å². The Morgan fingerprint density at radius 2 is 2.14 bits per heavy atom. The summed E-state index contributed by atoms with van der Waals surface area (Å²) < 4.78 is 0. The normalized spacial score (nSPS) is 9.64. The second-order valence-corrected chi connectivity index (χ2v) is 3.11. The molecule has 2 amide bonds. The summed E-state index contributed by atoms with van der Waals surface area (Å²) >= 11 is 0. The van der Waals surface area contributed by atoms with E-state index in [4.69, 9.17) is 5.11 Å². The summed E-state index contributed by atoms with van der Waals surface area (Å²) in [6.07, 6.45) is 0. The zero-order valence-corrected chi connectivity index (χ0v) is 8.29. The third-order valence-corrected chi connectivity index (χ3v) is 1.87. The molecule has 4 heteroatoms. The van der Waals surface area contributed by atoms with Crippen LogP contribution >= 0.6 is 0 Å². The van der Waals surface area contributed by atoms with Crippen molar-refractivity contribution in [2.75, 3.05) is 12.0 Å². The maximum atomic E-state index is 11.1. The molecule has 1 aromatic rings. The fourth-order valence-corrected chi connectivity index (χ4v) is 1.19. The molecule has 0 unspecified atom stereocenters. The Labute approximate surface area is 82.9 Å². The number of carbonyl (C=O) groups is 1. The van der Waals surface area contributed by atoms with Crippen LogP contribution in [0.25, 0.3) is 0 Å². The van der Waals surface area contributed by atoms with Crippen molar-refractivity contribution in [3.05, 3.63) is 29.3 Å². The number of aliphatic hydroxyl groups is 1. The van der Waals surface area contributed by atoms with Gasteiger partial charge in [0.15, 0.2) is 0 Å². The van der Waals surface area contributed by atoms with E-state index in [-0.39, 0.29) is 6.73 Å². The number of aliphatic hydroxyl groups excluding tert-OH is 1. The predicted molar refractivity (Wildman–Crippen MR) is 55.2 cm³/mol. The van der Waals surface area contributed by atoms with Crippen LogP contribution in [0.4, 0.5) is 10.5 Å². The first-order chi connectivity index (χ1) is 6.63. The van der Waals surface area contributed by atoms with Gasteiger partial charge >= 0.3 is 6.03 Å². The zero-order valence-electron chi connectivity index (χ0n) is 8.29. The molecule has 0 heterocycles. The number of benzene rings is 1. The summed E-state index contributed by atoms with van der Waals surface area (Å²) in [7, 11) is 0. The highest BCUT2D eigenvalue weighted by atomic mass is 16.3. The van der Waals surface area contributed by atoms with E-state index in [0.29, 0.717) is 0 Å². The number of urea groups is 1. The standard InChI is InChI=1S/C10H14N2O2/c1-7-3-4-9(8(2)5-7)12-10(14)11-6-13/h3-5,13H,6H2,1-2H3,(H2,11,12,14). The second-order valence-electron chi connectivity index (χ2n) is 3.11. The van der Waals surface area contributed by atoms with Crippen LogP contribution in [0.3, 0.4) is 0 Å². The van der Waals surface area contributed by atoms with E-state index in [2.05, 4.69) is 10.6 Å². The molecule has 1 rings (SSSR count). The summed E-state index contributed by atoms with van der Waals surface area (Å²) in [4.78, 5) is 11.1. The van der Waals surface area contributed by atoms with E-state index in [1.165, 1.54) is 0 Å². The molecule has 76 valence electrons. The summed E-state index contributed by atoms with van der Waals surface area (Å²) in [6, 6.07) is 5.33. The number of aryl methyl sites for hydroxylation is 2. The summed E-state index contributed by atoms with van der Waals surface area (Å²) in [5.74, 6) is 0. The van der Waals surface area contributed by atoms with E-state index >= 15 is 0 Å². The number of amides is 2. The largest absolute Gasteiger partial charge is 0.376 e. The molecule has 4 nitrogen and oxygen atoms in total. The maximum Gasteiger partial charge on any atom is 0.321 e. The van der Waals surface area contributed by atoms with Crippen LogP contribution in [0.1, 0.15) is 11.1 Å². The fourth-order valence-electron chi connectivity index (χ4n) is 1.19. The first-order valence-electron chi connectivity index (χ1n) is 4.36. The summed E-state index contributed by atoms with van der Waals surface area (Å²) in [6.45, 7) is 3.54. The number of hydrogen-bond donors (Lipinski definition) is 3. The summed E-state index contributed by atoms with van der Waals surface area (Å²) in [5, 5.41) is 13.3. The molecular weight excluding hydrogens is 180 g/mol. The average molecular weight is 194 g/mol. The van der Waals surface area contributed by atoms with Gasteiger partial charge in [-0.05, 0) is 25.5 Å². The molecule has 0 aliphatic heterocycles. The smallest absolute Gasteiger partial charge is 0.321 e. The lowest BCUT2D eigenvalue weighted by Crippen LogP contribution is -2.29. The minimum absolute atomic E-state index is 0.364. The molecule has 0 saturated carbocycles. The lowest BCUT2D eigenvalue weighted by Gasteiger charge is -2.08. The SMILES string of the molecule is Cc1ccc(NC(=O)NCO)c(C)c1. The van der Waals surface area contributed by atoms with Gasteiger partial charge in [-0.2, -0.15) is 0 Å². The van der Waals surface area contributed by atoms with Crippen LogP contribution in [0, 0.1) is 13.8 Å². The number of rotatable bonds is 2. The van der Waals surface area contributed by atoms with Crippen molar-refractivity contribution in [1.82, 2.24) is 5.32 Å². The van der Waals surface area contributed by atoms with Crippen molar-refractivity contribution in [2.24, 2.45) is 0 Å². The highest BCUT2D eigenvalue weighted by Gasteiger charge is 2.02. The Balaban J connectivity index is 2.72. The van der Waals surface area contributed by atoms with E-state index in [1.54, 1.807) is 0 Å². The van der Waals surface area contributed by atoms with Crippen LogP contribution in [-0.4, -0.2) is 17.9 Å². The van der Waals surface area contributed by atoms with Crippen LogP contribution in [0.15, 0.2) is 18.2 Å². The highest BCUT2D eigenvalue weighted by Crippen LogP contribution is 2.15. The van der Waals surface area contributed by atoms with Gasteiger partial charge in [-0.15, -0.1) is 0 Å². The van der Waals surface area contributed by atoms with Crippen molar-refractivity contribution >= 4 is 11.7 Å². The molecule has 1 aromatic carbocycles. The average Bonchev–Trinajstić information content (AvgIpc) is 2.10. The minimum atomic E-state index is -0.403. The van der Waals surface area contributed by atoms with E-state index in [0.717, 1.165) is 16.8 Å². The maximum absolute atomic E-state index is 11.1. The lowest BCUT2D eigenvalue weighted by molar-refractivity contribution is 0.228. The molecule has 0 aliphatic carbocycles. The lowest BCUT2D eigenvalue weighted by atomic mass is 10.1. The van der Waals surface area contributed by atoms with Gasteiger partial charge in [0.2, 0.25) is 0 Å². The monoisotopic (exact) mass is 194 g/mol. The Morgan fingerprint density at radius 3 is 2.71 bits per heavy atom. The second kappa shape index (κ2) is 4.62. The van der Waals surface area contributed by atoms with Gasteiger partial charge in [0.05, 0.1) is 0 Å². The van der Waals surface area contributed by atoms with Crippen LogP contribution in [0.2, 0.25) is 0 Å². The zero-order chi connectivity index (χ0) is 10.6. The number of nitrogens with one attached hydrogen (secondary N) is 2. The number of anilines is 1. The molecule has 0 saturated heterocycles.